The SMILES string of the molecule is Cn1ccc2ccc(C3(N)CC3(F)F)cc21. The Morgan fingerprint density at radius 3 is 2.62 bits per heavy atom. The van der Waals surface area contributed by atoms with Gasteiger partial charge < -0.3 is 10.3 Å². The van der Waals surface area contributed by atoms with Crippen LogP contribution in [0, 0.1) is 0 Å². The molecule has 2 nitrogen and oxygen atoms in total. The Labute approximate surface area is 91.7 Å². The molecule has 16 heavy (non-hydrogen) atoms. The van der Waals surface area contributed by atoms with E-state index < -0.39 is 11.5 Å². The summed E-state index contributed by atoms with van der Waals surface area (Å²) in [6.45, 7) is 0. The third kappa shape index (κ3) is 1.08. The Balaban J connectivity index is 2.16. The zero-order chi connectivity index (χ0) is 11.6. The normalized spacial score (nSPS) is 27.2. The van der Waals surface area contributed by atoms with E-state index in [-0.39, 0.29) is 6.42 Å². The number of aromatic nitrogens is 1. The fourth-order valence-corrected chi connectivity index (χ4v) is 2.16. The van der Waals surface area contributed by atoms with Crippen molar-refractivity contribution < 1.29 is 8.78 Å². The Hall–Kier alpha value is -1.42. The molecule has 0 amide bonds. The van der Waals surface area contributed by atoms with Gasteiger partial charge >= 0.3 is 0 Å². The van der Waals surface area contributed by atoms with Gasteiger partial charge in [0.1, 0.15) is 5.54 Å². The van der Waals surface area contributed by atoms with Crippen molar-refractivity contribution in [2.75, 3.05) is 0 Å². The van der Waals surface area contributed by atoms with E-state index in [9.17, 15) is 8.78 Å². The quantitative estimate of drug-likeness (QED) is 0.789. The van der Waals surface area contributed by atoms with Gasteiger partial charge in [-0.05, 0) is 23.1 Å². The molecule has 4 heteroatoms. The third-order valence-electron chi connectivity index (χ3n) is 3.43. The summed E-state index contributed by atoms with van der Waals surface area (Å²) in [5, 5.41) is 1.04. The summed E-state index contributed by atoms with van der Waals surface area (Å²) in [6.07, 6.45) is 1.65. The van der Waals surface area contributed by atoms with Crippen LogP contribution in [0.25, 0.3) is 10.9 Å². The average molecular weight is 222 g/mol. The molecule has 1 heterocycles. The number of fused-ring (bicyclic) bond motifs is 1. The molecular weight excluding hydrogens is 210 g/mol. The Kier molecular flexibility index (Phi) is 1.61. The first-order chi connectivity index (χ1) is 7.44. The number of benzene rings is 1. The lowest BCUT2D eigenvalue weighted by Gasteiger charge is -2.11. The zero-order valence-electron chi connectivity index (χ0n) is 8.87. The van der Waals surface area contributed by atoms with Gasteiger partial charge in [-0.3, -0.25) is 0 Å². The van der Waals surface area contributed by atoms with Crippen LogP contribution in [0.3, 0.4) is 0 Å². The lowest BCUT2D eigenvalue weighted by molar-refractivity contribution is 0.0891. The number of halogens is 2. The molecule has 2 aromatic rings. The van der Waals surface area contributed by atoms with Crippen LogP contribution >= 0.6 is 0 Å². The summed E-state index contributed by atoms with van der Waals surface area (Å²) in [5.74, 6) is -2.76. The molecule has 0 aliphatic heterocycles. The predicted molar refractivity (Wildman–Crippen MR) is 58.3 cm³/mol. The minimum Gasteiger partial charge on any atom is -0.351 e. The summed E-state index contributed by atoms with van der Waals surface area (Å²) in [6, 6.07) is 7.25. The van der Waals surface area contributed by atoms with Gasteiger partial charge in [0.15, 0.2) is 0 Å². The van der Waals surface area contributed by atoms with Gasteiger partial charge in [0.25, 0.3) is 5.92 Å². The average Bonchev–Trinajstić information content (AvgIpc) is 2.57. The highest BCUT2D eigenvalue weighted by atomic mass is 19.3. The molecule has 3 rings (SSSR count). The summed E-state index contributed by atoms with van der Waals surface area (Å²) in [7, 11) is 1.89. The Morgan fingerprint density at radius 2 is 2.00 bits per heavy atom. The molecule has 1 aromatic carbocycles. The Morgan fingerprint density at radius 1 is 1.31 bits per heavy atom. The maximum atomic E-state index is 13.2. The number of hydrogen-bond donors (Lipinski definition) is 1. The largest absolute Gasteiger partial charge is 0.351 e. The number of rotatable bonds is 1. The van der Waals surface area contributed by atoms with Crippen LogP contribution in [0.4, 0.5) is 8.78 Å². The second-order valence-corrected chi connectivity index (χ2v) is 4.55. The molecule has 1 aliphatic rings. The van der Waals surface area contributed by atoms with Crippen molar-refractivity contribution >= 4 is 10.9 Å². The van der Waals surface area contributed by atoms with Crippen LogP contribution in [0.2, 0.25) is 0 Å². The second kappa shape index (κ2) is 2.63. The van der Waals surface area contributed by atoms with Gasteiger partial charge in [-0.2, -0.15) is 0 Å². The smallest absolute Gasteiger partial charge is 0.272 e. The van der Waals surface area contributed by atoms with E-state index in [2.05, 4.69) is 0 Å². The highest BCUT2D eigenvalue weighted by molar-refractivity contribution is 5.81. The van der Waals surface area contributed by atoms with E-state index in [1.54, 1.807) is 12.1 Å². The minimum atomic E-state index is -2.76. The molecule has 0 radical (unpaired) electrons. The van der Waals surface area contributed by atoms with E-state index in [4.69, 9.17) is 5.73 Å². The predicted octanol–water partition coefficient (Wildman–Crippen LogP) is 2.37. The molecule has 0 bridgehead atoms. The number of aryl methyl sites for hydroxylation is 1. The molecule has 1 unspecified atom stereocenters. The van der Waals surface area contributed by atoms with Crippen LogP contribution < -0.4 is 5.73 Å². The third-order valence-corrected chi connectivity index (χ3v) is 3.43. The van der Waals surface area contributed by atoms with Gasteiger partial charge in [0.05, 0.1) is 0 Å². The van der Waals surface area contributed by atoms with Crippen molar-refractivity contribution in [1.29, 1.82) is 0 Å². The summed E-state index contributed by atoms with van der Waals surface area (Å²) in [4.78, 5) is 0. The van der Waals surface area contributed by atoms with Crippen molar-refractivity contribution in [3.63, 3.8) is 0 Å². The van der Waals surface area contributed by atoms with E-state index >= 15 is 0 Å². The molecule has 1 fully saturated rings. The maximum Gasteiger partial charge on any atom is 0.272 e. The summed E-state index contributed by atoms with van der Waals surface area (Å²) >= 11 is 0. The Bertz CT molecular complexity index is 573. The number of nitrogens with zero attached hydrogens (tertiary/aromatic N) is 1. The van der Waals surface area contributed by atoms with Crippen LogP contribution in [-0.4, -0.2) is 10.5 Å². The highest BCUT2D eigenvalue weighted by Gasteiger charge is 2.69. The van der Waals surface area contributed by atoms with Crippen molar-refractivity contribution in [2.45, 2.75) is 17.9 Å². The van der Waals surface area contributed by atoms with Crippen molar-refractivity contribution in [1.82, 2.24) is 4.57 Å². The lowest BCUT2D eigenvalue weighted by Crippen LogP contribution is -2.27. The first-order valence-electron chi connectivity index (χ1n) is 5.16. The van der Waals surface area contributed by atoms with Crippen molar-refractivity contribution in [3.05, 3.63) is 36.0 Å². The minimum absolute atomic E-state index is 0.254. The number of nitrogens with two attached hydrogens (primary N) is 1. The first kappa shape index (κ1) is 9.78. The number of hydrogen-bond acceptors (Lipinski definition) is 1. The molecular formula is C12H12F2N2. The van der Waals surface area contributed by atoms with Crippen LogP contribution in [0.1, 0.15) is 12.0 Å². The van der Waals surface area contributed by atoms with Crippen LogP contribution in [-0.2, 0) is 12.6 Å². The van der Waals surface area contributed by atoms with Crippen LogP contribution in [0.15, 0.2) is 30.5 Å². The van der Waals surface area contributed by atoms with E-state index in [1.165, 1.54) is 0 Å². The fraction of sp³-hybridized carbons (Fsp3) is 0.333. The van der Waals surface area contributed by atoms with E-state index in [0.717, 1.165) is 10.9 Å². The fourth-order valence-electron chi connectivity index (χ4n) is 2.16. The molecule has 1 saturated carbocycles. The summed E-state index contributed by atoms with van der Waals surface area (Å²) < 4.78 is 28.2. The van der Waals surface area contributed by atoms with Crippen molar-refractivity contribution in [3.8, 4) is 0 Å². The second-order valence-electron chi connectivity index (χ2n) is 4.55. The molecule has 1 aromatic heterocycles. The molecule has 1 atom stereocenters. The molecule has 84 valence electrons. The highest BCUT2D eigenvalue weighted by Crippen LogP contribution is 2.57. The van der Waals surface area contributed by atoms with Crippen molar-refractivity contribution in [2.24, 2.45) is 12.8 Å². The van der Waals surface area contributed by atoms with Gasteiger partial charge in [-0.25, -0.2) is 8.78 Å². The van der Waals surface area contributed by atoms with Gasteiger partial charge in [-0.1, -0.05) is 12.1 Å². The lowest BCUT2D eigenvalue weighted by atomic mass is 10.0. The number of alkyl halides is 2. The maximum absolute atomic E-state index is 13.2. The topological polar surface area (TPSA) is 30.9 Å². The summed E-state index contributed by atoms with van der Waals surface area (Å²) in [5.41, 5.74) is 5.70. The standard InChI is InChI=1S/C12H12F2N2/c1-16-5-4-8-2-3-9(6-10(8)16)11(15)7-12(11,13)14/h2-6H,7,15H2,1H3. The van der Waals surface area contributed by atoms with Gasteiger partial charge in [0.2, 0.25) is 0 Å². The van der Waals surface area contributed by atoms with Gasteiger partial charge in [0, 0.05) is 25.2 Å². The van der Waals surface area contributed by atoms with E-state index in [0.29, 0.717) is 5.56 Å². The first-order valence-corrected chi connectivity index (χ1v) is 5.16. The van der Waals surface area contributed by atoms with Gasteiger partial charge in [-0.15, -0.1) is 0 Å². The molecule has 0 saturated heterocycles. The molecule has 1 aliphatic carbocycles. The monoisotopic (exact) mass is 222 g/mol. The molecule has 0 spiro atoms. The van der Waals surface area contributed by atoms with E-state index in [1.807, 2.05) is 29.9 Å². The molecule has 2 N–H and O–H groups in total. The zero-order valence-corrected chi connectivity index (χ0v) is 8.87. The van der Waals surface area contributed by atoms with Crippen LogP contribution in [0.5, 0.6) is 0 Å².